The van der Waals surface area contributed by atoms with Crippen molar-refractivity contribution in [1.29, 1.82) is 0 Å². The zero-order valence-corrected chi connectivity index (χ0v) is 11.7. The third-order valence-electron chi connectivity index (χ3n) is 2.51. The van der Waals surface area contributed by atoms with Gasteiger partial charge in [0.05, 0.1) is 6.54 Å². The summed E-state index contributed by atoms with van der Waals surface area (Å²) in [5, 5.41) is 11.4. The van der Waals surface area contributed by atoms with Gasteiger partial charge in [-0.3, -0.25) is 9.69 Å². The Kier molecular flexibility index (Phi) is 10.1. The highest BCUT2D eigenvalue weighted by atomic mass is 35.5. The van der Waals surface area contributed by atoms with Crippen molar-refractivity contribution in [2.75, 3.05) is 19.6 Å². The van der Waals surface area contributed by atoms with E-state index in [1.165, 1.54) is 0 Å². The lowest BCUT2D eigenvalue weighted by atomic mass is 10.0. The first kappa shape index (κ1) is 18.6. The Bertz CT molecular complexity index is 243. The van der Waals surface area contributed by atoms with Crippen molar-refractivity contribution in [2.45, 2.75) is 33.7 Å². The normalized spacial score (nSPS) is 12.1. The van der Waals surface area contributed by atoms with Gasteiger partial charge in [-0.25, -0.2) is 4.79 Å². The summed E-state index contributed by atoms with van der Waals surface area (Å²) in [6.07, 6.45) is 0. The minimum absolute atomic E-state index is 0. The van der Waals surface area contributed by atoms with Crippen molar-refractivity contribution in [1.82, 2.24) is 10.2 Å². The van der Waals surface area contributed by atoms with Gasteiger partial charge in [-0.05, 0) is 19.0 Å². The van der Waals surface area contributed by atoms with Crippen LogP contribution in [0.4, 0.5) is 0 Å². The van der Waals surface area contributed by atoms with Crippen LogP contribution in [0, 0.1) is 5.92 Å². The molecule has 0 aliphatic heterocycles. The molecule has 0 unspecified atom stereocenters. The van der Waals surface area contributed by atoms with E-state index >= 15 is 0 Å². The number of halogens is 1. The van der Waals surface area contributed by atoms with Gasteiger partial charge in [0, 0.05) is 0 Å². The third-order valence-corrected chi connectivity index (χ3v) is 2.51. The Morgan fingerprint density at radius 2 is 1.71 bits per heavy atom. The molecule has 0 aliphatic rings. The Balaban J connectivity index is 0. The number of carbonyl (C=O) groups excluding carboxylic acids is 1. The Hall–Kier alpha value is -0.810. The maximum absolute atomic E-state index is 11.6. The summed E-state index contributed by atoms with van der Waals surface area (Å²) in [6.45, 7) is 9.30. The number of carboxylic acid groups (broad SMARTS) is 1. The predicted octanol–water partition coefficient (Wildman–Crippen LogP) is 0.975. The molecule has 1 amide bonds. The molecule has 0 rings (SSSR count). The van der Waals surface area contributed by atoms with Crippen molar-refractivity contribution >= 4 is 24.3 Å². The molecule has 0 heterocycles. The quantitative estimate of drug-likeness (QED) is 0.721. The SMILES string of the molecule is CCN(CC)CC(=O)N[C@@H](C(=O)O)C(C)C.Cl. The van der Waals surface area contributed by atoms with Crippen LogP contribution in [0.2, 0.25) is 0 Å². The van der Waals surface area contributed by atoms with Gasteiger partial charge >= 0.3 is 5.97 Å². The average Bonchev–Trinajstić information content (AvgIpc) is 2.21. The average molecular weight is 267 g/mol. The predicted molar refractivity (Wildman–Crippen MR) is 69.4 cm³/mol. The highest BCUT2D eigenvalue weighted by molar-refractivity contribution is 5.85. The standard InChI is InChI=1S/C11H22N2O3.ClH/c1-5-13(6-2)7-9(14)12-10(8(3)4)11(15)16;/h8,10H,5-7H2,1-4H3,(H,12,14)(H,15,16);1H/t10-;/m1./s1. The molecular formula is C11H23ClN2O3. The van der Waals surface area contributed by atoms with E-state index in [9.17, 15) is 9.59 Å². The van der Waals surface area contributed by atoms with E-state index in [0.29, 0.717) is 0 Å². The number of rotatable bonds is 7. The van der Waals surface area contributed by atoms with Crippen LogP contribution < -0.4 is 5.32 Å². The first-order chi connectivity index (χ1) is 7.42. The fourth-order valence-electron chi connectivity index (χ4n) is 1.38. The number of aliphatic carboxylic acids is 1. The van der Waals surface area contributed by atoms with Crippen LogP contribution in [-0.4, -0.2) is 47.6 Å². The summed E-state index contributed by atoms with van der Waals surface area (Å²) in [6, 6.07) is -0.803. The van der Waals surface area contributed by atoms with Gasteiger partial charge in [-0.2, -0.15) is 0 Å². The second-order valence-electron chi connectivity index (χ2n) is 4.09. The molecule has 0 aliphatic carbocycles. The van der Waals surface area contributed by atoms with E-state index in [-0.39, 0.29) is 30.8 Å². The van der Waals surface area contributed by atoms with E-state index in [1.54, 1.807) is 13.8 Å². The molecular weight excluding hydrogens is 244 g/mol. The van der Waals surface area contributed by atoms with E-state index in [0.717, 1.165) is 13.1 Å². The lowest BCUT2D eigenvalue weighted by molar-refractivity contribution is -0.143. The fourth-order valence-corrected chi connectivity index (χ4v) is 1.38. The molecule has 5 nitrogen and oxygen atoms in total. The van der Waals surface area contributed by atoms with Crippen molar-refractivity contribution in [3.8, 4) is 0 Å². The summed E-state index contributed by atoms with van der Waals surface area (Å²) >= 11 is 0. The van der Waals surface area contributed by atoms with Crippen LogP contribution in [0.3, 0.4) is 0 Å². The van der Waals surface area contributed by atoms with Crippen molar-refractivity contribution in [3.05, 3.63) is 0 Å². The Morgan fingerprint density at radius 1 is 1.24 bits per heavy atom. The number of nitrogens with zero attached hydrogens (tertiary/aromatic N) is 1. The second kappa shape index (κ2) is 9.24. The van der Waals surface area contributed by atoms with E-state index < -0.39 is 12.0 Å². The van der Waals surface area contributed by atoms with Crippen molar-refractivity contribution in [2.24, 2.45) is 5.92 Å². The molecule has 0 bridgehead atoms. The van der Waals surface area contributed by atoms with Gasteiger partial charge in [-0.1, -0.05) is 27.7 Å². The number of hydrogen-bond donors (Lipinski definition) is 2. The first-order valence-electron chi connectivity index (χ1n) is 5.66. The lowest BCUT2D eigenvalue weighted by Crippen LogP contribution is -2.48. The lowest BCUT2D eigenvalue weighted by Gasteiger charge is -2.21. The maximum atomic E-state index is 11.6. The number of hydrogen-bond acceptors (Lipinski definition) is 3. The molecule has 0 aromatic carbocycles. The number of nitrogens with one attached hydrogen (secondary N) is 1. The van der Waals surface area contributed by atoms with E-state index in [1.807, 2.05) is 18.7 Å². The number of amides is 1. The molecule has 0 saturated heterocycles. The molecule has 0 saturated carbocycles. The summed E-state index contributed by atoms with van der Waals surface area (Å²) in [4.78, 5) is 24.4. The van der Waals surface area contributed by atoms with Crippen molar-refractivity contribution < 1.29 is 14.7 Å². The Labute approximate surface area is 109 Å². The van der Waals surface area contributed by atoms with E-state index in [4.69, 9.17) is 5.11 Å². The monoisotopic (exact) mass is 266 g/mol. The first-order valence-corrected chi connectivity index (χ1v) is 5.66. The zero-order chi connectivity index (χ0) is 12.7. The van der Waals surface area contributed by atoms with Crippen LogP contribution >= 0.6 is 12.4 Å². The molecule has 0 spiro atoms. The van der Waals surface area contributed by atoms with Gasteiger partial charge in [0.2, 0.25) is 5.91 Å². The summed E-state index contributed by atoms with van der Waals surface area (Å²) in [5.74, 6) is -1.33. The maximum Gasteiger partial charge on any atom is 0.326 e. The van der Waals surface area contributed by atoms with Crippen LogP contribution in [-0.2, 0) is 9.59 Å². The zero-order valence-electron chi connectivity index (χ0n) is 10.9. The van der Waals surface area contributed by atoms with Gasteiger partial charge in [-0.15, -0.1) is 12.4 Å². The summed E-state index contributed by atoms with van der Waals surface area (Å²) in [7, 11) is 0. The van der Waals surface area contributed by atoms with Gasteiger partial charge < -0.3 is 10.4 Å². The molecule has 0 fully saturated rings. The van der Waals surface area contributed by atoms with Gasteiger partial charge in [0.15, 0.2) is 0 Å². The molecule has 1 atom stereocenters. The number of likely N-dealkylation sites (N-methyl/N-ethyl adjacent to an activating group) is 1. The van der Waals surface area contributed by atoms with Gasteiger partial charge in [0.25, 0.3) is 0 Å². The summed E-state index contributed by atoms with van der Waals surface area (Å²) < 4.78 is 0. The second-order valence-corrected chi connectivity index (χ2v) is 4.09. The molecule has 102 valence electrons. The smallest absolute Gasteiger partial charge is 0.326 e. The van der Waals surface area contributed by atoms with Crippen LogP contribution in [0.5, 0.6) is 0 Å². The Morgan fingerprint density at radius 3 is 2.00 bits per heavy atom. The highest BCUT2D eigenvalue weighted by Gasteiger charge is 2.23. The summed E-state index contributed by atoms with van der Waals surface area (Å²) in [5.41, 5.74) is 0. The van der Waals surface area contributed by atoms with Gasteiger partial charge in [0.1, 0.15) is 6.04 Å². The van der Waals surface area contributed by atoms with Crippen molar-refractivity contribution in [3.63, 3.8) is 0 Å². The van der Waals surface area contributed by atoms with Crippen LogP contribution in [0.25, 0.3) is 0 Å². The van der Waals surface area contributed by atoms with Crippen LogP contribution in [0.1, 0.15) is 27.7 Å². The topological polar surface area (TPSA) is 69.6 Å². The molecule has 0 radical (unpaired) electrons. The van der Waals surface area contributed by atoms with E-state index in [2.05, 4.69) is 5.32 Å². The molecule has 6 heteroatoms. The molecule has 0 aromatic rings. The highest BCUT2D eigenvalue weighted by Crippen LogP contribution is 2.01. The minimum atomic E-state index is -0.983. The van der Waals surface area contributed by atoms with Crippen LogP contribution in [0.15, 0.2) is 0 Å². The fraction of sp³-hybridized carbons (Fsp3) is 0.818. The largest absolute Gasteiger partial charge is 0.480 e. The molecule has 0 aromatic heterocycles. The minimum Gasteiger partial charge on any atom is -0.480 e. The molecule has 17 heavy (non-hydrogen) atoms. The number of carboxylic acids is 1. The molecule has 2 N–H and O–H groups in total. The number of carbonyl (C=O) groups is 2. The third kappa shape index (κ3) is 7.18.